The first-order valence-electron chi connectivity index (χ1n) is 6.65. The fourth-order valence-electron chi connectivity index (χ4n) is 1.43. The van der Waals surface area contributed by atoms with Crippen LogP contribution in [0.15, 0.2) is 12.5 Å². The number of carboxylic acid groups (broad SMARTS) is 2. The van der Waals surface area contributed by atoms with Crippen LogP contribution >= 0.6 is 0 Å². The minimum Gasteiger partial charge on any atom is -0.481 e. The predicted molar refractivity (Wildman–Crippen MR) is 78.5 cm³/mol. The molecule has 0 aromatic carbocycles. The molecule has 0 aliphatic rings. The van der Waals surface area contributed by atoms with E-state index >= 15 is 0 Å². The van der Waals surface area contributed by atoms with Crippen LogP contribution in [0.2, 0.25) is 0 Å². The number of imidazole rings is 1. The number of hydrogen-bond acceptors (Lipinski definition) is 5. The molecule has 0 aliphatic heterocycles. The highest BCUT2D eigenvalue weighted by Crippen LogP contribution is 1.99. The van der Waals surface area contributed by atoms with Crippen molar-refractivity contribution in [2.75, 3.05) is 6.54 Å². The molecule has 0 bridgehead atoms. The molecule has 1 aromatic rings. The van der Waals surface area contributed by atoms with Crippen molar-refractivity contribution in [1.29, 1.82) is 0 Å². The number of H-pyrrole nitrogens is 1. The number of carbonyl (C=O) groups excluding carboxylic acids is 2. The predicted octanol–water partition coefficient (Wildman–Crippen LogP) is -0.861. The second-order valence-electron chi connectivity index (χ2n) is 4.49. The monoisotopic (exact) mass is 328 g/mol. The number of hydrogen-bond donors (Lipinski definition) is 5. The van der Waals surface area contributed by atoms with E-state index < -0.39 is 23.9 Å². The van der Waals surface area contributed by atoms with Gasteiger partial charge in [0.2, 0.25) is 11.8 Å². The fraction of sp³-hybridized carbons (Fsp3) is 0.462. The number of rotatable bonds is 7. The van der Waals surface area contributed by atoms with E-state index in [1.807, 2.05) is 0 Å². The summed E-state index contributed by atoms with van der Waals surface area (Å²) < 4.78 is 0. The lowest BCUT2D eigenvalue weighted by molar-refractivity contribution is -0.141. The summed E-state index contributed by atoms with van der Waals surface area (Å²) in [5.41, 5.74) is 0.620. The molecule has 2 amide bonds. The standard InChI is InChI=1S/C11H16N4O4.C2H4O2/c1-7(16)13-3-2-10(17)15-9(11(18)19)4-8-5-12-6-14-8;1-2(3)4/h5-6,9H,2-4H2,1H3,(H,12,14)(H,13,16)(H,15,17)(H,18,19);1H3,(H,3,4)/t9-;/m0./s1. The Balaban J connectivity index is 0.00000108. The van der Waals surface area contributed by atoms with Crippen molar-refractivity contribution < 1.29 is 29.4 Å². The highest BCUT2D eigenvalue weighted by Gasteiger charge is 2.20. The lowest BCUT2D eigenvalue weighted by atomic mass is 10.1. The van der Waals surface area contributed by atoms with Crippen molar-refractivity contribution >= 4 is 23.8 Å². The first kappa shape index (κ1) is 20.1. The average Bonchev–Trinajstić information content (AvgIpc) is 2.89. The van der Waals surface area contributed by atoms with E-state index in [0.717, 1.165) is 6.92 Å². The van der Waals surface area contributed by atoms with Gasteiger partial charge in [0, 0.05) is 45.1 Å². The van der Waals surface area contributed by atoms with Gasteiger partial charge in [0.25, 0.3) is 5.97 Å². The Morgan fingerprint density at radius 1 is 1.26 bits per heavy atom. The highest BCUT2D eigenvalue weighted by molar-refractivity contribution is 5.84. The summed E-state index contributed by atoms with van der Waals surface area (Å²) in [6.07, 6.45) is 3.10. The maximum absolute atomic E-state index is 11.5. The molecule has 1 heterocycles. The van der Waals surface area contributed by atoms with Crippen molar-refractivity contribution in [1.82, 2.24) is 20.6 Å². The smallest absolute Gasteiger partial charge is 0.326 e. The van der Waals surface area contributed by atoms with E-state index in [1.165, 1.54) is 19.4 Å². The number of nitrogens with one attached hydrogen (secondary N) is 3. The molecule has 0 unspecified atom stereocenters. The van der Waals surface area contributed by atoms with Crippen LogP contribution in [-0.4, -0.2) is 56.5 Å². The maximum atomic E-state index is 11.5. The van der Waals surface area contributed by atoms with Gasteiger partial charge >= 0.3 is 5.97 Å². The van der Waals surface area contributed by atoms with Crippen LogP contribution in [0.3, 0.4) is 0 Å². The largest absolute Gasteiger partial charge is 0.481 e. The molecule has 10 heteroatoms. The Labute approximate surface area is 132 Å². The van der Waals surface area contributed by atoms with Gasteiger partial charge in [-0.15, -0.1) is 0 Å². The van der Waals surface area contributed by atoms with E-state index in [0.29, 0.717) is 5.69 Å². The average molecular weight is 328 g/mol. The SMILES string of the molecule is CC(=O)NCCC(=O)N[C@@H](Cc1cnc[nH]1)C(=O)O.CC(=O)O. The Morgan fingerprint density at radius 3 is 2.30 bits per heavy atom. The number of nitrogens with zero attached hydrogens (tertiary/aromatic N) is 1. The molecular formula is C13H20N4O6. The van der Waals surface area contributed by atoms with E-state index in [9.17, 15) is 14.4 Å². The lowest BCUT2D eigenvalue weighted by Gasteiger charge is -2.13. The van der Waals surface area contributed by atoms with Gasteiger partial charge in [0.15, 0.2) is 0 Å². The van der Waals surface area contributed by atoms with Gasteiger partial charge in [-0.3, -0.25) is 14.4 Å². The van der Waals surface area contributed by atoms with Crippen molar-refractivity contribution in [2.24, 2.45) is 0 Å². The summed E-state index contributed by atoms with van der Waals surface area (Å²) in [4.78, 5) is 48.7. The lowest BCUT2D eigenvalue weighted by Crippen LogP contribution is -2.43. The van der Waals surface area contributed by atoms with Crippen LogP contribution in [0.25, 0.3) is 0 Å². The van der Waals surface area contributed by atoms with Crippen LogP contribution in [0.4, 0.5) is 0 Å². The Morgan fingerprint density at radius 2 is 1.87 bits per heavy atom. The Bertz CT molecular complexity index is 525. The minimum absolute atomic E-state index is 0.0341. The van der Waals surface area contributed by atoms with Crippen LogP contribution in [0.5, 0.6) is 0 Å². The van der Waals surface area contributed by atoms with E-state index in [-0.39, 0.29) is 25.3 Å². The number of carboxylic acids is 2. The third kappa shape index (κ3) is 11.4. The van der Waals surface area contributed by atoms with Crippen LogP contribution < -0.4 is 10.6 Å². The van der Waals surface area contributed by atoms with Crippen molar-refractivity contribution in [3.05, 3.63) is 18.2 Å². The fourth-order valence-corrected chi connectivity index (χ4v) is 1.43. The van der Waals surface area contributed by atoms with Crippen molar-refractivity contribution in [2.45, 2.75) is 32.7 Å². The second-order valence-corrected chi connectivity index (χ2v) is 4.49. The summed E-state index contributed by atoms with van der Waals surface area (Å²) in [5, 5.41) is 21.3. The molecule has 0 fully saturated rings. The number of aromatic amines is 1. The minimum atomic E-state index is -1.12. The summed E-state index contributed by atoms with van der Waals surface area (Å²) in [5.74, 6) is -2.62. The molecule has 0 radical (unpaired) electrons. The number of amides is 2. The summed E-state index contributed by atoms with van der Waals surface area (Å²) in [7, 11) is 0. The Kier molecular flexibility index (Phi) is 9.40. The molecule has 1 rings (SSSR count). The molecule has 1 aromatic heterocycles. The van der Waals surface area contributed by atoms with Gasteiger partial charge in [-0.2, -0.15) is 0 Å². The number of aromatic nitrogens is 2. The normalized spacial score (nSPS) is 10.7. The van der Waals surface area contributed by atoms with Crippen molar-refractivity contribution in [3.63, 3.8) is 0 Å². The molecule has 0 saturated heterocycles. The number of aliphatic carboxylic acids is 2. The topological polar surface area (TPSA) is 161 Å². The second kappa shape index (κ2) is 10.8. The van der Waals surface area contributed by atoms with Gasteiger partial charge < -0.3 is 25.8 Å². The molecule has 0 spiro atoms. The van der Waals surface area contributed by atoms with Gasteiger partial charge in [-0.1, -0.05) is 0 Å². The molecule has 1 atom stereocenters. The van der Waals surface area contributed by atoms with Crippen LogP contribution in [0, 0.1) is 0 Å². The third-order valence-electron chi connectivity index (χ3n) is 2.34. The first-order chi connectivity index (χ1) is 10.7. The Hall–Kier alpha value is -2.91. The van der Waals surface area contributed by atoms with Gasteiger partial charge in [0.1, 0.15) is 6.04 Å². The summed E-state index contributed by atoms with van der Waals surface area (Å²) >= 11 is 0. The van der Waals surface area contributed by atoms with Gasteiger partial charge in [0.05, 0.1) is 6.33 Å². The molecule has 0 saturated carbocycles. The molecule has 23 heavy (non-hydrogen) atoms. The summed E-state index contributed by atoms with van der Waals surface area (Å²) in [6.45, 7) is 2.60. The maximum Gasteiger partial charge on any atom is 0.326 e. The van der Waals surface area contributed by atoms with Gasteiger partial charge in [-0.05, 0) is 0 Å². The molecule has 0 aliphatic carbocycles. The van der Waals surface area contributed by atoms with E-state index in [2.05, 4.69) is 20.6 Å². The zero-order valence-electron chi connectivity index (χ0n) is 12.8. The molecular weight excluding hydrogens is 308 g/mol. The third-order valence-corrected chi connectivity index (χ3v) is 2.34. The first-order valence-corrected chi connectivity index (χ1v) is 6.65. The summed E-state index contributed by atoms with van der Waals surface area (Å²) in [6, 6.07) is -1.02. The number of carbonyl (C=O) groups is 4. The van der Waals surface area contributed by atoms with E-state index in [4.69, 9.17) is 15.0 Å². The molecule has 10 nitrogen and oxygen atoms in total. The zero-order chi connectivity index (χ0) is 17.8. The van der Waals surface area contributed by atoms with Crippen molar-refractivity contribution in [3.8, 4) is 0 Å². The quantitative estimate of drug-likeness (QED) is 0.435. The van der Waals surface area contributed by atoms with Crippen LogP contribution in [0.1, 0.15) is 26.0 Å². The molecule has 128 valence electrons. The van der Waals surface area contributed by atoms with Gasteiger partial charge in [-0.25, -0.2) is 9.78 Å². The highest BCUT2D eigenvalue weighted by atomic mass is 16.4. The molecule has 5 N–H and O–H groups in total. The van der Waals surface area contributed by atoms with Crippen LogP contribution in [-0.2, 0) is 25.6 Å². The van der Waals surface area contributed by atoms with E-state index in [1.54, 1.807) is 0 Å². The zero-order valence-corrected chi connectivity index (χ0v) is 12.8.